The van der Waals surface area contributed by atoms with Gasteiger partial charge in [-0.25, -0.2) is 4.98 Å². The number of rotatable bonds is 4. The highest BCUT2D eigenvalue weighted by Gasteiger charge is 2.35. The Bertz CT molecular complexity index is 751. The maximum atomic E-state index is 12.9. The average molecular weight is 371 g/mol. The highest BCUT2D eigenvalue weighted by Crippen LogP contribution is 2.29. The van der Waals surface area contributed by atoms with E-state index in [1.807, 2.05) is 53.7 Å². The molecule has 2 aliphatic heterocycles. The van der Waals surface area contributed by atoms with Gasteiger partial charge in [0.2, 0.25) is 5.91 Å². The normalized spacial score (nSPS) is 21.8. The third-order valence-electron chi connectivity index (χ3n) is 5.50. The third-order valence-corrected chi connectivity index (χ3v) is 6.54. The number of carbonyl (C=O) groups excluding carboxylic acids is 1. The number of likely N-dealkylation sites (tertiary alicyclic amines) is 1. The number of aromatic nitrogens is 2. The molecule has 1 N–H and O–H groups in total. The van der Waals surface area contributed by atoms with Crippen molar-refractivity contribution in [3.8, 4) is 5.69 Å². The van der Waals surface area contributed by atoms with Gasteiger partial charge in [0.1, 0.15) is 5.82 Å². The van der Waals surface area contributed by atoms with Crippen LogP contribution in [0.4, 0.5) is 5.69 Å². The summed E-state index contributed by atoms with van der Waals surface area (Å²) in [6, 6.07) is 8.61. The molecule has 6 heteroatoms. The fraction of sp³-hybridized carbons (Fsp3) is 0.500. The van der Waals surface area contributed by atoms with Crippen LogP contribution in [0.2, 0.25) is 0 Å². The molecular formula is C20H26N4OS. The van der Waals surface area contributed by atoms with Gasteiger partial charge in [0.25, 0.3) is 0 Å². The van der Waals surface area contributed by atoms with Crippen molar-refractivity contribution in [1.29, 1.82) is 0 Å². The second-order valence-corrected chi connectivity index (χ2v) is 8.34. The Morgan fingerprint density at radius 3 is 2.65 bits per heavy atom. The van der Waals surface area contributed by atoms with E-state index in [-0.39, 0.29) is 11.9 Å². The lowest BCUT2D eigenvalue weighted by atomic mass is 10.1. The van der Waals surface area contributed by atoms with E-state index in [9.17, 15) is 4.79 Å². The van der Waals surface area contributed by atoms with Crippen LogP contribution in [0.5, 0.6) is 0 Å². The zero-order chi connectivity index (χ0) is 17.9. The minimum Gasteiger partial charge on any atom is -0.325 e. The monoisotopic (exact) mass is 370 g/mol. The Labute approximate surface area is 159 Å². The first kappa shape index (κ1) is 17.6. The van der Waals surface area contributed by atoms with Gasteiger partial charge in [-0.1, -0.05) is 0 Å². The molecule has 2 aromatic rings. The maximum absolute atomic E-state index is 12.9. The summed E-state index contributed by atoms with van der Waals surface area (Å²) in [5.74, 6) is 3.55. The SMILES string of the molecule is Cc1nccn1-c1ccc(NC(=O)C2CCCN2C2CCSCC2)cc1. The molecule has 4 rings (SSSR count). The Hall–Kier alpha value is -1.79. The second-order valence-electron chi connectivity index (χ2n) is 7.12. The number of aryl methyl sites for hydroxylation is 1. The minimum absolute atomic E-state index is 0.0265. The van der Waals surface area contributed by atoms with E-state index >= 15 is 0 Å². The van der Waals surface area contributed by atoms with E-state index in [2.05, 4.69) is 15.2 Å². The molecular weight excluding hydrogens is 344 g/mol. The predicted octanol–water partition coefficient (Wildman–Crippen LogP) is 3.48. The molecule has 1 aromatic carbocycles. The molecule has 1 amide bonds. The zero-order valence-corrected chi connectivity index (χ0v) is 16.0. The highest BCUT2D eigenvalue weighted by molar-refractivity contribution is 7.99. The smallest absolute Gasteiger partial charge is 0.241 e. The number of hydrogen-bond acceptors (Lipinski definition) is 4. The van der Waals surface area contributed by atoms with E-state index in [1.165, 1.54) is 24.3 Å². The molecule has 5 nitrogen and oxygen atoms in total. The fourth-order valence-electron chi connectivity index (χ4n) is 4.11. The van der Waals surface area contributed by atoms with Crippen LogP contribution in [0.15, 0.2) is 36.7 Å². The van der Waals surface area contributed by atoms with Gasteiger partial charge in [0.05, 0.1) is 6.04 Å². The predicted molar refractivity (Wildman–Crippen MR) is 107 cm³/mol. The lowest BCUT2D eigenvalue weighted by Gasteiger charge is -2.34. The van der Waals surface area contributed by atoms with Crippen molar-refractivity contribution in [2.45, 2.75) is 44.7 Å². The van der Waals surface area contributed by atoms with Crippen molar-refractivity contribution in [3.05, 3.63) is 42.5 Å². The first-order valence-electron chi connectivity index (χ1n) is 9.47. The van der Waals surface area contributed by atoms with Crippen LogP contribution in [-0.4, -0.2) is 50.5 Å². The molecule has 1 atom stereocenters. The van der Waals surface area contributed by atoms with Gasteiger partial charge in [-0.3, -0.25) is 9.69 Å². The van der Waals surface area contributed by atoms with Gasteiger partial charge in [-0.15, -0.1) is 0 Å². The van der Waals surface area contributed by atoms with E-state index in [4.69, 9.17) is 0 Å². The summed E-state index contributed by atoms with van der Waals surface area (Å²) >= 11 is 2.04. The lowest BCUT2D eigenvalue weighted by Crippen LogP contribution is -2.46. The molecule has 0 spiro atoms. The topological polar surface area (TPSA) is 50.2 Å². The van der Waals surface area contributed by atoms with Crippen LogP contribution in [0.3, 0.4) is 0 Å². The quantitative estimate of drug-likeness (QED) is 0.895. The van der Waals surface area contributed by atoms with Crippen LogP contribution >= 0.6 is 11.8 Å². The van der Waals surface area contributed by atoms with Crippen LogP contribution in [0, 0.1) is 6.92 Å². The van der Waals surface area contributed by atoms with Crippen molar-refractivity contribution >= 4 is 23.4 Å². The molecule has 138 valence electrons. The molecule has 2 saturated heterocycles. The zero-order valence-electron chi connectivity index (χ0n) is 15.2. The van der Waals surface area contributed by atoms with E-state index in [0.717, 1.165) is 36.6 Å². The van der Waals surface area contributed by atoms with Gasteiger partial charge in [-0.2, -0.15) is 11.8 Å². The number of benzene rings is 1. The number of carbonyl (C=O) groups is 1. The molecule has 1 unspecified atom stereocenters. The van der Waals surface area contributed by atoms with Crippen LogP contribution < -0.4 is 5.32 Å². The largest absolute Gasteiger partial charge is 0.325 e. The number of thioether (sulfide) groups is 1. The number of hydrogen-bond donors (Lipinski definition) is 1. The molecule has 1 aromatic heterocycles. The van der Waals surface area contributed by atoms with Crippen molar-refractivity contribution in [3.63, 3.8) is 0 Å². The highest BCUT2D eigenvalue weighted by atomic mass is 32.2. The average Bonchev–Trinajstić information content (AvgIpc) is 3.32. The van der Waals surface area contributed by atoms with Crippen molar-refractivity contribution in [1.82, 2.24) is 14.5 Å². The minimum atomic E-state index is 0.0265. The van der Waals surface area contributed by atoms with E-state index < -0.39 is 0 Å². The molecule has 0 aliphatic carbocycles. The van der Waals surface area contributed by atoms with Crippen LogP contribution in [0.25, 0.3) is 5.69 Å². The summed E-state index contributed by atoms with van der Waals surface area (Å²) in [4.78, 5) is 19.6. The number of nitrogens with zero attached hydrogens (tertiary/aromatic N) is 3. The number of imidazole rings is 1. The van der Waals surface area contributed by atoms with Crippen LogP contribution in [-0.2, 0) is 4.79 Å². The molecule has 0 radical (unpaired) electrons. The number of nitrogens with one attached hydrogen (secondary N) is 1. The molecule has 2 aliphatic rings. The Kier molecular flexibility index (Phi) is 5.31. The number of anilines is 1. The molecule has 0 saturated carbocycles. The first-order chi connectivity index (χ1) is 12.7. The van der Waals surface area contributed by atoms with Crippen molar-refractivity contribution in [2.75, 3.05) is 23.4 Å². The summed E-state index contributed by atoms with van der Waals surface area (Å²) < 4.78 is 2.03. The van der Waals surface area contributed by atoms with Gasteiger partial charge < -0.3 is 9.88 Å². The third kappa shape index (κ3) is 3.67. The summed E-state index contributed by atoms with van der Waals surface area (Å²) in [7, 11) is 0. The molecule has 3 heterocycles. The first-order valence-corrected chi connectivity index (χ1v) is 10.6. The van der Waals surface area contributed by atoms with Crippen molar-refractivity contribution < 1.29 is 4.79 Å². The van der Waals surface area contributed by atoms with Gasteiger partial charge in [0.15, 0.2) is 0 Å². The Balaban J connectivity index is 1.41. The van der Waals surface area contributed by atoms with E-state index in [1.54, 1.807) is 6.20 Å². The van der Waals surface area contributed by atoms with Gasteiger partial charge in [0, 0.05) is 29.8 Å². The van der Waals surface area contributed by atoms with Crippen LogP contribution in [0.1, 0.15) is 31.5 Å². The fourth-order valence-corrected chi connectivity index (χ4v) is 5.19. The van der Waals surface area contributed by atoms with Crippen molar-refractivity contribution in [2.24, 2.45) is 0 Å². The number of amides is 1. The second kappa shape index (κ2) is 7.84. The van der Waals surface area contributed by atoms with Gasteiger partial charge >= 0.3 is 0 Å². The van der Waals surface area contributed by atoms with E-state index in [0.29, 0.717) is 6.04 Å². The Morgan fingerprint density at radius 2 is 1.96 bits per heavy atom. The summed E-state index contributed by atoms with van der Waals surface area (Å²) in [6.45, 7) is 3.04. The lowest BCUT2D eigenvalue weighted by molar-refractivity contribution is -0.121. The Morgan fingerprint density at radius 1 is 1.19 bits per heavy atom. The summed E-state index contributed by atoms with van der Waals surface area (Å²) in [5, 5.41) is 3.13. The maximum Gasteiger partial charge on any atom is 0.241 e. The summed E-state index contributed by atoms with van der Waals surface area (Å²) in [5.41, 5.74) is 1.92. The molecule has 26 heavy (non-hydrogen) atoms. The molecule has 2 fully saturated rings. The molecule has 0 bridgehead atoms. The standard InChI is InChI=1S/C20H26N4OS/c1-15-21-10-12-23(15)17-6-4-16(5-7-17)22-20(25)19-3-2-11-24(19)18-8-13-26-14-9-18/h4-7,10,12,18-19H,2-3,8-9,11,13-14H2,1H3,(H,22,25). The van der Waals surface area contributed by atoms with Gasteiger partial charge in [-0.05, 0) is 74.9 Å². The summed E-state index contributed by atoms with van der Waals surface area (Å²) in [6.07, 6.45) is 8.27.